The van der Waals surface area contributed by atoms with Crippen molar-refractivity contribution in [3.8, 4) is 0 Å². The Morgan fingerprint density at radius 1 is 1.29 bits per heavy atom. The molecule has 0 amide bonds. The molecular formula is C14H17N3. The van der Waals surface area contributed by atoms with Gasteiger partial charge in [-0.05, 0) is 18.4 Å². The monoisotopic (exact) mass is 227 g/mol. The fraction of sp³-hybridized carbons (Fsp3) is 0.429. The number of nitrogens with zero attached hydrogens (tertiary/aromatic N) is 3. The molecule has 1 unspecified atom stereocenters. The highest BCUT2D eigenvalue weighted by Gasteiger charge is 2.20. The van der Waals surface area contributed by atoms with Gasteiger partial charge in [-0.2, -0.15) is 5.10 Å². The first kappa shape index (κ1) is 10.5. The van der Waals surface area contributed by atoms with Crippen molar-refractivity contribution >= 4 is 0 Å². The number of aromatic nitrogens is 3. The van der Waals surface area contributed by atoms with Gasteiger partial charge in [0.1, 0.15) is 5.82 Å². The van der Waals surface area contributed by atoms with Gasteiger partial charge in [-0.3, -0.25) is 0 Å². The van der Waals surface area contributed by atoms with E-state index in [-0.39, 0.29) is 0 Å². The van der Waals surface area contributed by atoms with Gasteiger partial charge in [0.05, 0.1) is 0 Å². The second-order valence-electron chi connectivity index (χ2n) is 4.82. The van der Waals surface area contributed by atoms with E-state index in [1.807, 2.05) is 6.07 Å². The molecule has 1 aliphatic heterocycles. The van der Waals surface area contributed by atoms with E-state index in [9.17, 15) is 0 Å². The molecule has 0 saturated heterocycles. The lowest BCUT2D eigenvalue weighted by Gasteiger charge is -2.17. The first-order valence-corrected chi connectivity index (χ1v) is 6.30. The lowest BCUT2D eigenvalue weighted by atomic mass is 10.0. The van der Waals surface area contributed by atoms with Crippen LogP contribution in [0.4, 0.5) is 0 Å². The van der Waals surface area contributed by atoms with Gasteiger partial charge in [0.15, 0.2) is 5.82 Å². The molecule has 1 atom stereocenters. The lowest BCUT2D eigenvalue weighted by Crippen LogP contribution is -2.14. The van der Waals surface area contributed by atoms with E-state index in [1.165, 1.54) is 24.2 Å². The Morgan fingerprint density at radius 2 is 2.12 bits per heavy atom. The molecule has 1 aromatic carbocycles. The van der Waals surface area contributed by atoms with Gasteiger partial charge in [0.25, 0.3) is 0 Å². The Kier molecular flexibility index (Phi) is 2.67. The van der Waals surface area contributed by atoms with Crippen molar-refractivity contribution in [3.05, 3.63) is 47.5 Å². The van der Waals surface area contributed by atoms with Crippen LogP contribution >= 0.6 is 0 Å². The smallest absolute Gasteiger partial charge is 0.155 e. The van der Waals surface area contributed by atoms with E-state index < -0.39 is 0 Å². The van der Waals surface area contributed by atoms with E-state index >= 15 is 0 Å². The van der Waals surface area contributed by atoms with Crippen LogP contribution in [-0.2, 0) is 13.0 Å². The van der Waals surface area contributed by atoms with Gasteiger partial charge in [-0.15, -0.1) is 0 Å². The summed E-state index contributed by atoms with van der Waals surface area (Å²) in [6.07, 6.45) is 3.30. The highest BCUT2D eigenvalue weighted by atomic mass is 15.4. The topological polar surface area (TPSA) is 30.7 Å². The normalized spacial score (nSPS) is 19.0. The molecule has 1 aromatic heterocycles. The Balaban J connectivity index is 1.85. The maximum atomic E-state index is 4.68. The molecule has 88 valence electrons. The van der Waals surface area contributed by atoms with Crippen molar-refractivity contribution in [2.75, 3.05) is 0 Å². The molecule has 3 nitrogen and oxygen atoms in total. The summed E-state index contributed by atoms with van der Waals surface area (Å²) in [4.78, 5) is 4.68. The van der Waals surface area contributed by atoms with Crippen LogP contribution in [0.1, 0.15) is 42.9 Å². The molecule has 2 heterocycles. The summed E-state index contributed by atoms with van der Waals surface area (Å²) in [5, 5.41) is 4.60. The van der Waals surface area contributed by atoms with Gasteiger partial charge < -0.3 is 0 Å². The maximum Gasteiger partial charge on any atom is 0.155 e. The van der Waals surface area contributed by atoms with Crippen LogP contribution in [0.2, 0.25) is 0 Å². The average Bonchev–Trinajstić information content (AvgIpc) is 2.74. The molecule has 3 rings (SSSR count). The molecule has 0 bridgehead atoms. The standard InChI is InChI=1S/C14H17N3/c1-11-6-5-9-17-14(11)15-13(16-17)10-12-7-3-2-4-8-12/h2-4,7-8,11H,5-6,9-10H2,1H3. The number of aryl methyl sites for hydroxylation is 1. The largest absolute Gasteiger partial charge is 0.250 e. The van der Waals surface area contributed by atoms with Crippen LogP contribution < -0.4 is 0 Å². The molecule has 17 heavy (non-hydrogen) atoms. The van der Waals surface area contributed by atoms with E-state index in [0.29, 0.717) is 5.92 Å². The van der Waals surface area contributed by atoms with E-state index in [0.717, 1.165) is 18.8 Å². The Labute approximate surface area is 101 Å². The summed E-state index contributed by atoms with van der Waals surface area (Å²) in [6.45, 7) is 3.27. The second-order valence-corrected chi connectivity index (χ2v) is 4.82. The van der Waals surface area contributed by atoms with Crippen LogP contribution in [0.15, 0.2) is 30.3 Å². The molecule has 0 fully saturated rings. The first-order valence-electron chi connectivity index (χ1n) is 6.30. The highest BCUT2D eigenvalue weighted by molar-refractivity contribution is 5.19. The summed E-state index contributed by atoms with van der Waals surface area (Å²) in [5.74, 6) is 2.68. The molecule has 0 radical (unpaired) electrons. The van der Waals surface area contributed by atoms with Crippen LogP contribution in [0.5, 0.6) is 0 Å². The minimum absolute atomic E-state index is 0.556. The van der Waals surface area contributed by atoms with E-state index in [2.05, 4.69) is 46.0 Å². The van der Waals surface area contributed by atoms with Gasteiger partial charge >= 0.3 is 0 Å². The van der Waals surface area contributed by atoms with Crippen molar-refractivity contribution in [1.82, 2.24) is 14.8 Å². The lowest BCUT2D eigenvalue weighted by molar-refractivity contribution is 0.431. The fourth-order valence-electron chi connectivity index (χ4n) is 2.46. The van der Waals surface area contributed by atoms with Crippen LogP contribution in [0.25, 0.3) is 0 Å². The Morgan fingerprint density at radius 3 is 2.88 bits per heavy atom. The summed E-state index contributed by atoms with van der Waals surface area (Å²) >= 11 is 0. The van der Waals surface area contributed by atoms with Gasteiger partial charge in [-0.1, -0.05) is 37.3 Å². The third kappa shape index (κ3) is 2.09. The van der Waals surface area contributed by atoms with Crippen LogP contribution in [0.3, 0.4) is 0 Å². The quantitative estimate of drug-likeness (QED) is 0.789. The molecule has 0 spiro atoms. The molecule has 0 saturated carbocycles. The van der Waals surface area contributed by atoms with Crippen molar-refractivity contribution in [3.63, 3.8) is 0 Å². The Hall–Kier alpha value is -1.64. The molecule has 0 aliphatic carbocycles. The van der Waals surface area contributed by atoms with Gasteiger partial charge in [0.2, 0.25) is 0 Å². The number of fused-ring (bicyclic) bond motifs is 1. The number of benzene rings is 1. The van der Waals surface area contributed by atoms with Crippen molar-refractivity contribution in [1.29, 1.82) is 0 Å². The zero-order valence-electron chi connectivity index (χ0n) is 10.1. The fourth-order valence-corrected chi connectivity index (χ4v) is 2.46. The van der Waals surface area contributed by atoms with Crippen LogP contribution in [0, 0.1) is 0 Å². The molecule has 1 aliphatic rings. The van der Waals surface area contributed by atoms with Crippen molar-refractivity contribution in [2.24, 2.45) is 0 Å². The minimum Gasteiger partial charge on any atom is -0.250 e. The van der Waals surface area contributed by atoms with E-state index in [1.54, 1.807) is 0 Å². The van der Waals surface area contributed by atoms with E-state index in [4.69, 9.17) is 0 Å². The number of hydrogen-bond donors (Lipinski definition) is 0. The molecule has 0 N–H and O–H groups in total. The zero-order chi connectivity index (χ0) is 11.7. The summed E-state index contributed by atoms with van der Waals surface area (Å²) < 4.78 is 2.09. The minimum atomic E-state index is 0.556. The summed E-state index contributed by atoms with van der Waals surface area (Å²) in [7, 11) is 0. The van der Waals surface area contributed by atoms with Gasteiger partial charge in [0, 0.05) is 18.9 Å². The average molecular weight is 227 g/mol. The summed E-state index contributed by atoms with van der Waals surface area (Å²) in [5.41, 5.74) is 1.28. The first-order chi connectivity index (χ1) is 8.33. The van der Waals surface area contributed by atoms with Crippen LogP contribution in [-0.4, -0.2) is 14.8 Å². The SMILES string of the molecule is CC1CCCn2nc(Cc3ccccc3)nc21. The molecular weight excluding hydrogens is 210 g/mol. The Bertz CT molecular complexity index is 501. The van der Waals surface area contributed by atoms with Crippen molar-refractivity contribution in [2.45, 2.75) is 38.6 Å². The van der Waals surface area contributed by atoms with Gasteiger partial charge in [-0.25, -0.2) is 9.67 Å². The molecule has 2 aromatic rings. The summed E-state index contributed by atoms with van der Waals surface area (Å²) in [6, 6.07) is 10.4. The third-order valence-electron chi connectivity index (χ3n) is 3.40. The highest BCUT2D eigenvalue weighted by Crippen LogP contribution is 2.24. The zero-order valence-corrected chi connectivity index (χ0v) is 10.1. The number of hydrogen-bond acceptors (Lipinski definition) is 2. The predicted octanol–water partition coefficient (Wildman–Crippen LogP) is 2.77. The predicted molar refractivity (Wildman–Crippen MR) is 66.9 cm³/mol. The van der Waals surface area contributed by atoms with Crippen molar-refractivity contribution < 1.29 is 0 Å². The number of rotatable bonds is 2. The second kappa shape index (κ2) is 4.32. The molecule has 3 heteroatoms. The maximum absolute atomic E-state index is 4.68. The third-order valence-corrected chi connectivity index (χ3v) is 3.40.